The highest BCUT2D eigenvalue weighted by molar-refractivity contribution is 6.30. The third-order valence-electron chi connectivity index (χ3n) is 7.09. The van der Waals surface area contributed by atoms with E-state index in [1.807, 2.05) is 0 Å². The monoisotopic (exact) mass is 774 g/mol. The van der Waals surface area contributed by atoms with E-state index in [2.05, 4.69) is 20.5 Å². The lowest BCUT2D eigenvalue weighted by Crippen LogP contribution is -2.40. The van der Waals surface area contributed by atoms with Crippen molar-refractivity contribution < 1.29 is 50.2 Å². The van der Waals surface area contributed by atoms with Gasteiger partial charge in [0, 0.05) is 23.6 Å². The van der Waals surface area contributed by atoms with E-state index in [1.54, 1.807) is 20.8 Å². The van der Waals surface area contributed by atoms with E-state index < -0.39 is 90.1 Å². The molecule has 14 nitrogen and oxygen atoms in total. The third kappa shape index (κ3) is 10.8. The van der Waals surface area contributed by atoms with Gasteiger partial charge in [-0.2, -0.15) is 26.3 Å². The van der Waals surface area contributed by atoms with E-state index in [-0.39, 0.29) is 35.8 Å². The van der Waals surface area contributed by atoms with Crippen LogP contribution >= 0.6 is 11.6 Å². The van der Waals surface area contributed by atoms with Crippen molar-refractivity contribution in [1.82, 2.24) is 34.4 Å². The van der Waals surface area contributed by atoms with Crippen LogP contribution in [0.4, 0.5) is 31.1 Å². The van der Waals surface area contributed by atoms with Crippen LogP contribution in [0.25, 0.3) is 17.1 Å². The number of unbranched alkanes of at least 4 members (excludes halogenated alkanes) is 1. The summed E-state index contributed by atoms with van der Waals surface area (Å²) in [5.74, 6) is -4.00. The number of nitrogens with one attached hydrogen (secondary N) is 1. The van der Waals surface area contributed by atoms with E-state index in [0.29, 0.717) is 13.9 Å². The maximum Gasteiger partial charge on any atom is 0.427 e. The fourth-order valence-electron chi connectivity index (χ4n) is 4.79. The minimum atomic E-state index is -5.16. The van der Waals surface area contributed by atoms with Crippen molar-refractivity contribution in [1.29, 1.82) is 0 Å². The standard InChI is InChI=1S/C32H33ClF6N8O6/c1-30(2,3)53-28(50)41-15-7-6-10-24(48)52-22(32(37,38)39)16-45-26(18-11-13-19(33)14-12-18)44-46(29(45)51)17-23-42-27(25(40)49)47(43-23)21-9-5-4-8-20(21)31(34,35)36/h4-5,8-9,11-14,22H,6-7,10,15-17H2,1-3H3,(H2,40,49)(H,41,50)/t22-/m0/s1. The average molecular weight is 775 g/mol. The van der Waals surface area contributed by atoms with E-state index in [1.165, 1.54) is 30.3 Å². The number of nitrogens with zero attached hydrogens (tertiary/aromatic N) is 6. The Bertz CT molecular complexity index is 2000. The lowest BCUT2D eigenvalue weighted by atomic mass is 10.1. The van der Waals surface area contributed by atoms with Gasteiger partial charge in [-0.3, -0.25) is 14.2 Å². The lowest BCUT2D eigenvalue weighted by molar-refractivity contribution is -0.224. The molecule has 0 aliphatic rings. The molecule has 0 spiro atoms. The van der Waals surface area contributed by atoms with E-state index in [0.717, 1.165) is 18.2 Å². The number of esters is 1. The van der Waals surface area contributed by atoms with Crippen LogP contribution in [0.5, 0.6) is 0 Å². The van der Waals surface area contributed by atoms with Gasteiger partial charge in [-0.1, -0.05) is 23.7 Å². The number of halogens is 7. The van der Waals surface area contributed by atoms with Gasteiger partial charge < -0.3 is 20.5 Å². The second kappa shape index (κ2) is 16.1. The molecule has 0 radical (unpaired) electrons. The number of alkyl carbamates (subject to hydrolysis) is 1. The average Bonchev–Trinajstić information content (AvgIpc) is 3.60. The molecule has 53 heavy (non-hydrogen) atoms. The number of ether oxygens (including phenoxy) is 2. The molecule has 286 valence electrons. The van der Waals surface area contributed by atoms with Crippen LogP contribution in [-0.4, -0.2) is 71.5 Å². The van der Waals surface area contributed by atoms with Gasteiger partial charge in [0.2, 0.25) is 11.9 Å². The summed E-state index contributed by atoms with van der Waals surface area (Å²) in [5.41, 5.74) is 1.76. The van der Waals surface area contributed by atoms with Gasteiger partial charge in [-0.15, -0.1) is 10.2 Å². The van der Waals surface area contributed by atoms with Crippen LogP contribution in [0.2, 0.25) is 5.02 Å². The Morgan fingerprint density at radius 3 is 2.23 bits per heavy atom. The first-order chi connectivity index (χ1) is 24.6. The molecule has 0 unspecified atom stereocenters. The predicted octanol–water partition coefficient (Wildman–Crippen LogP) is 5.28. The molecule has 3 N–H and O–H groups in total. The summed E-state index contributed by atoms with van der Waals surface area (Å²) >= 11 is 5.96. The molecule has 21 heteroatoms. The Balaban J connectivity index is 1.61. The smallest absolute Gasteiger partial charge is 0.427 e. The summed E-state index contributed by atoms with van der Waals surface area (Å²) in [4.78, 5) is 54.0. The number of hydrogen-bond acceptors (Lipinski definition) is 9. The van der Waals surface area contributed by atoms with Gasteiger partial charge in [-0.05, 0) is 70.0 Å². The molecule has 2 heterocycles. The number of amides is 2. The highest BCUT2D eigenvalue weighted by Crippen LogP contribution is 2.34. The highest BCUT2D eigenvalue weighted by Gasteiger charge is 2.44. The van der Waals surface area contributed by atoms with Crippen LogP contribution in [0.3, 0.4) is 0 Å². The number of benzene rings is 2. The number of primary amides is 1. The zero-order valence-electron chi connectivity index (χ0n) is 28.3. The van der Waals surface area contributed by atoms with Gasteiger partial charge in [0.1, 0.15) is 12.1 Å². The van der Waals surface area contributed by atoms with Gasteiger partial charge in [0.15, 0.2) is 11.6 Å². The summed E-state index contributed by atoms with van der Waals surface area (Å²) < 4.78 is 95.7. The third-order valence-corrected chi connectivity index (χ3v) is 7.34. The Labute approximate surface area is 301 Å². The number of para-hydroxylation sites is 1. The topological polar surface area (TPSA) is 178 Å². The number of rotatable bonds is 13. The molecular formula is C32H33ClF6N8O6. The van der Waals surface area contributed by atoms with Crippen molar-refractivity contribution in [2.45, 2.75) is 77.2 Å². The second-order valence-corrected chi connectivity index (χ2v) is 12.9. The van der Waals surface area contributed by atoms with Crippen molar-refractivity contribution in [2.75, 3.05) is 6.54 Å². The SMILES string of the molecule is CC(C)(C)OC(=O)NCCCCC(=O)O[C@@H](Cn1c(-c2ccc(Cl)cc2)nn(Cc2nc(C(N)=O)n(-c3ccccc3C(F)(F)F)n2)c1=O)C(F)(F)F. The van der Waals surface area contributed by atoms with Crippen LogP contribution in [0.1, 0.15) is 62.0 Å². The lowest BCUT2D eigenvalue weighted by Gasteiger charge is -2.21. The van der Waals surface area contributed by atoms with Crippen molar-refractivity contribution in [3.05, 3.63) is 81.3 Å². The molecule has 4 aromatic rings. The molecule has 2 aromatic heterocycles. The van der Waals surface area contributed by atoms with Crippen LogP contribution < -0.4 is 16.7 Å². The molecule has 2 aromatic carbocycles. The first kappa shape index (κ1) is 40.4. The zero-order chi connectivity index (χ0) is 39.3. The van der Waals surface area contributed by atoms with Gasteiger partial charge in [-0.25, -0.2) is 23.9 Å². The molecule has 2 amide bonds. The predicted molar refractivity (Wildman–Crippen MR) is 175 cm³/mol. The Hall–Kier alpha value is -5.40. The molecule has 0 saturated carbocycles. The Morgan fingerprint density at radius 1 is 0.962 bits per heavy atom. The molecule has 0 saturated heterocycles. The summed E-state index contributed by atoms with van der Waals surface area (Å²) in [5, 5.41) is 10.8. The minimum Gasteiger partial charge on any atom is -0.451 e. The highest BCUT2D eigenvalue weighted by atomic mass is 35.5. The zero-order valence-corrected chi connectivity index (χ0v) is 29.1. The van der Waals surface area contributed by atoms with Crippen LogP contribution in [0.15, 0.2) is 53.3 Å². The fourth-order valence-corrected chi connectivity index (χ4v) is 4.92. The second-order valence-electron chi connectivity index (χ2n) is 12.4. The summed E-state index contributed by atoms with van der Waals surface area (Å²) in [6, 6.07) is 9.57. The summed E-state index contributed by atoms with van der Waals surface area (Å²) in [6.07, 6.45) is -13.8. The normalized spacial score (nSPS) is 12.7. The van der Waals surface area contributed by atoms with Crippen LogP contribution in [-0.2, 0) is 33.5 Å². The first-order valence-corrected chi connectivity index (χ1v) is 16.1. The largest absolute Gasteiger partial charge is 0.451 e. The van der Waals surface area contributed by atoms with Gasteiger partial charge >= 0.3 is 30.1 Å². The molecule has 0 aliphatic carbocycles. The number of alkyl halides is 6. The van der Waals surface area contributed by atoms with E-state index in [4.69, 9.17) is 26.8 Å². The summed E-state index contributed by atoms with van der Waals surface area (Å²) in [7, 11) is 0. The Morgan fingerprint density at radius 2 is 1.62 bits per heavy atom. The Kier molecular flexibility index (Phi) is 12.3. The fraction of sp³-hybridized carbons (Fsp3) is 0.406. The molecular weight excluding hydrogens is 742 g/mol. The number of aromatic nitrogens is 6. The number of carbonyl (C=O) groups is 3. The molecule has 0 aliphatic heterocycles. The van der Waals surface area contributed by atoms with Crippen molar-refractivity contribution in [3.8, 4) is 17.1 Å². The van der Waals surface area contributed by atoms with Crippen molar-refractivity contribution in [3.63, 3.8) is 0 Å². The van der Waals surface area contributed by atoms with Gasteiger partial charge in [0.05, 0.1) is 17.8 Å². The van der Waals surface area contributed by atoms with Crippen molar-refractivity contribution >= 4 is 29.6 Å². The molecule has 1 atom stereocenters. The first-order valence-electron chi connectivity index (χ1n) is 15.7. The molecule has 0 bridgehead atoms. The van der Waals surface area contributed by atoms with Gasteiger partial charge in [0.25, 0.3) is 5.91 Å². The number of carbonyl (C=O) groups excluding carboxylic acids is 3. The minimum absolute atomic E-state index is 0.0491. The summed E-state index contributed by atoms with van der Waals surface area (Å²) in [6.45, 7) is 3.08. The maximum absolute atomic E-state index is 14.3. The molecule has 0 fully saturated rings. The number of hydrogen-bond donors (Lipinski definition) is 2. The van der Waals surface area contributed by atoms with Crippen molar-refractivity contribution in [2.24, 2.45) is 5.73 Å². The maximum atomic E-state index is 14.3. The molecule has 4 rings (SSSR count). The number of nitrogens with two attached hydrogens (primary N) is 1. The van der Waals surface area contributed by atoms with Crippen LogP contribution in [0, 0.1) is 0 Å². The van der Waals surface area contributed by atoms with E-state index in [9.17, 15) is 45.5 Å². The van der Waals surface area contributed by atoms with E-state index >= 15 is 0 Å². The quantitative estimate of drug-likeness (QED) is 0.104.